The van der Waals surface area contributed by atoms with Crippen LogP contribution in [0.4, 0.5) is 0 Å². The maximum Gasteiger partial charge on any atom is 0.272 e. The highest BCUT2D eigenvalue weighted by molar-refractivity contribution is 5.92. The lowest BCUT2D eigenvalue weighted by Crippen LogP contribution is -2.34. The Bertz CT molecular complexity index is 690. The second-order valence-corrected chi connectivity index (χ2v) is 6.28. The number of para-hydroxylation sites is 1. The van der Waals surface area contributed by atoms with Crippen molar-refractivity contribution in [3.05, 3.63) is 54.4 Å². The van der Waals surface area contributed by atoms with Crippen molar-refractivity contribution in [1.82, 2.24) is 9.88 Å². The Morgan fingerprint density at radius 3 is 2.78 bits per heavy atom. The molecule has 5 heteroatoms. The molecular weight excluding hydrogens is 290 g/mol. The molecule has 1 fully saturated rings. The molecule has 2 N–H and O–H groups in total. The van der Waals surface area contributed by atoms with E-state index in [1.54, 1.807) is 18.3 Å². The summed E-state index contributed by atoms with van der Waals surface area (Å²) in [5.74, 6) is 1.27. The molecule has 1 atom stereocenters. The topological polar surface area (TPSA) is 68.5 Å². The van der Waals surface area contributed by atoms with Gasteiger partial charge in [-0.05, 0) is 36.6 Å². The minimum Gasteiger partial charge on any atom is -0.457 e. The van der Waals surface area contributed by atoms with E-state index in [0.29, 0.717) is 24.5 Å². The minimum absolute atomic E-state index is 0.00775. The minimum atomic E-state index is -0.0688. The first kappa shape index (κ1) is 15.5. The van der Waals surface area contributed by atoms with Crippen LogP contribution in [0.1, 0.15) is 23.8 Å². The van der Waals surface area contributed by atoms with E-state index in [9.17, 15) is 4.79 Å². The zero-order chi connectivity index (χ0) is 16.3. The summed E-state index contributed by atoms with van der Waals surface area (Å²) in [5, 5.41) is 0. The molecule has 1 aromatic carbocycles. The van der Waals surface area contributed by atoms with Gasteiger partial charge in [-0.15, -0.1) is 0 Å². The van der Waals surface area contributed by atoms with E-state index in [0.717, 1.165) is 18.7 Å². The van der Waals surface area contributed by atoms with Gasteiger partial charge in [0.15, 0.2) is 0 Å². The second-order valence-electron chi connectivity index (χ2n) is 6.28. The Hall–Kier alpha value is -2.40. The van der Waals surface area contributed by atoms with E-state index in [1.807, 2.05) is 35.2 Å². The van der Waals surface area contributed by atoms with Gasteiger partial charge in [0.2, 0.25) is 0 Å². The van der Waals surface area contributed by atoms with Crippen LogP contribution in [0.5, 0.6) is 11.5 Å². The highest BCUT2D eigenvalue weighted by atomic mass is 16.5. The number of likely N-dealkylation sites (tertiary alicyclic amines) is 1. The summed E-state index contributed by atoms with van der Waals surface area (Å²) in [5.41, 5.74) is 6.22. The third-order valence-corrected chi connectivity index (χ3v) is 4.27. The van der Waals surface area contributed by atoms with Crippen molar-refractivity contribution in [2.75, 3.05) is 19.6 Å². The molecule has 1 aliphatic rings. The molecule has 3 rings (SSSR count). The van der Waals surface area contributed by atoms with Crippen molar-refractivity contribution >= 4 is 5.91 Å². The first-order chi connectivity index (χ1) is 11.1. The first-order valence-electron chi connectivity index (χ1n) is 7.78. The van der Waals surface area contributed by atoms with E-state index in [-0.39, 0.29) is 11.3 Å². The molecular formula is C18H21N3O2. The molecule has 0 radical (unpaired) electrons. The average molecular weight is 311 g/mol. The molecule has 1 amide bonds. The Kier molecular flexibility index (Phi) is 4.30. The molecule has 0 bridgehead atoms. The first-order valence-corrected chi connectivity index (χ1v) is 7.78. The van der Waals surface area contributed by atoms with Gasteiger partial charge in [-0.25, -0.2) is 0 Å². The molecule has 1 unspecified atom stereocenters. The highest BCUT2D eigenvalue weighted by Gasteiger charge is 2.35. The predicted octanol–water partition coefficient (Wildman–Crippen LogP) is 2.68. The van der Waals surface area contributed by atoms with Gasteiger partial charge in [-0.3, -0.25) is 9.78 Å². The summed E-state index contributed by atoms with van der Waals surface area (Å²) in [6.45, 7) is 4.09. The van der Waals surface area contributed by atoms with Crippen LogP contribution in [0.3, 0.4) is 0 Å². The number of amides is 1. The Labute approximate surface area is 136 Å². The fourth-order valence-corrected chi connectivity index (χ4v) is 2.74. The van der Waals surface area contributed by atoms with Crippen molar-refractivity contribution < 1.29 is 9.53 Å². The van der Waals surface area contributed by atoms with E-state index in [1.165, 1.54) is 0 Å². The maximum absolute atomic E-state index is 12.6. The molecule has 2 heterocycles. The lowest BCUT2D eigenvalue weighted by molar-refractivity contribution is 0.0770. The summed E-state index contributed by atoms with van der Waals surface area (Å²) < 4.78 is 5.76. The van der Waals surface area contributed by atoms with Gasteiger partial charge < -0.3 is 15.4 Å². The van der Waals surface area contributed by atoms with Gasteiger partial charge in [0.1, 0.15) is 17.2 Å². The summed E-state index contributed by atoms with van der Waals surface area (Å²) in [7, 11) is 0. The second kappa shape index (κ2) is 6.38. The number of carbonyl (C=O) groups excluding carboxylic acids is 1. The number of hydrogen-bond acceptors (Lipinski definition) is 4. The standard InChI is InChI=1S/C18H21N3O2/c1-18(12-19)8-10-21(13-18)17(22)16-11-15(7-9-20-16)23-14-5-3-2-4-6-14/h2-7,9,11H,8,10,12-13,19H2,1H3. The van der Waals surface area contributed by atoms with Crippen molar-refractivity contribution in [3.63, 3.8) is 0 Å². The van der Waals surface area contributed by atoms with Crippen LogP contribution >= 0.6 is 0 Å². The molecule has 1 saturated heterocycles. The van der Waals surface area contributed by atoms with Gasteiger partial charge in [0.05, 0.1) is 0 Å². The monoisotopic (exact) mass is 311 g/mol. The molecule has 0 saturated carbocycles. The summed E-state index contributed by atoms with van der Waals surface area (Å²) in [6.07, 6.45) is 2.53. The maximum atomic E-state index is 12.6. The van der Waals surface area contributed by atoms with Crippen molar-refractivity contribution in [1.29, 1.82) is 0 Å². The van der Waals surface area contributed by atoms with E-state index < -0.39 is 0 Å². The summed E-state index contributed by atoms with van der Waals surface area (Å²) in [4.78, 5) is 18.6. The quantitative estimate of drug-likeness (QED) is 0.942. The number of hydrogen-bond donors (Lipinski definition) is 1. The molecule has 0 spiro atoms. The number of ether oxygens (including phenoxy) is 1. The molecule has 23 heavy (non-hydrogen) atoms. The third kappa shape index (κ3) is 3.51. The number of nitrogens with zero attached hydrogens (tertiary/aromatic N) is 2. The van der Waals surface area contributed by atoms with Gasteiger partial charge in [0, 0.05) is 25.4 Å². The van der Waals surface area contributed by atoms with E-state index in [2.05, 4.69) is 11.9 Å². The van der Waals surface area contributed by atoms with Crippen LogP contribution < -0.4 is 10.5 Å². The molecule has 2 aromatic rings. The fourth-order valence-electron chi connectivity index (χ4n) is 2.74. The highest BCUT2D eigenvalue weighted by Crippen LogP contribution is 2.30. The lowest BCUT2D eigenvalue weighted by Gasteiger charge is -2.22. The number of carbonyl (C=O) groups is 1. The van der Waals surface area contributed by atoms with Gasteiger partial charge in [0.25, 0.3) is 5.91 Å². The van der Waals surface area contributed by atoms with E-state index in [4.69, 9.17) is 10.5 Å². The molecule has 0 aliphatic carbocycles. The zero-order valence-electron chi connectivity index (χ0n) is 13.2. The van der Waals surface area contributed by atoms with Crippen molar-refractivity contribution in [2.45, 2.75) is 13.3 Å². The molecule has 1 aromatic heterocycles. The molecule has 120 valence electrons. The molecule has 1 aliphatic heterocycles. The van der Waals surface area contributed by atoms with Crippen LogP contribution in [0.25, 0.3) is 0 Å². The Morgan fingerprint density at radius 2 is 2.09 bits per heavy atom. The van der Waals surface area contributed by atoms with Gasteiger partial charge >= 0.3 is 0 Å². The lowest BCUT2D eigenvalue weighted by atomic mass is 9.90. The van der Waals surface area contributed by atoms with E-state index >= 15 is 0 Å². The number of rotatable bonds is 4. The van der Waals surface area contributed by atoms with Crippen LogP contribution in [-0.2, 0) is 0 Å². The fraction of sp³-hybridized carbons (Fsp3) is 0.333. The number of nitrogens with two attached hydrogens (primary N) is 1. The number of benzene rings is 1. The van der Waals surface area contributed by atoms with Gasteiger partial charge in [-0.2, -0.15) is 0 Å². The van der Waals surface area contributed by atoms with Crippen LogP contribution in [0, 0.1) is 5.41 Å². The SMILES string of the molecule is CC1(CN)CCN(C(=O)c2cc(Oc3ccccc3)ccn2)C1. The van der Waals surface area contributed by atoms with Crippen LogP contribution in [0.2, 0.25) is 0 Å². The number of pyridine rings is 1. The largest absolute Gasteiger partial charge is 0.457 e. The molecule has 5 nitrogen and oxygen atoms in total. The predicted molar refractivity (Wildman–Crippen MR) is 88.4 cm³/mol. The van der Waals surface area contributed by atoms with Crippen molar-refractivity contribution in [2.24, 2.45) is 11.1 Å². The average Bonchev–Trinajstić information content (AvgIpc) is 2.98. The summed E-state index contributed by atoms with van der Waals surface area (Å²) >= 11 is 0. The Balaban J connectivity index is 1.74. The summed E-state index contributed by atoms with van der Waals surface area (Å²) in [6, 6.07) is 12.9. The normalized spacial score (nSPS) is 20.5. The van der Waals surface area contributed by atoms with Crippen LogP contribution in [-0.4, -0.2) is 35.4 Å². The van der Waals surface area contributed by atoms with Crippen LogP contribution in [0.15, 0.2) is 48.7 Å². The van der Waals surface area contributed by atoms with Crippen molar-refractivity contribution in [3.8, 4) is 11.5 Å². The smallest absolute Gasteiger partial charge is 0.272 e. The third-order valence-electron chi connectivity index (χ3n) is 4.27. The van der Waals surface area contributed by atoms with Gasteiger partial charge in [-0.1, -0.05) is 25.1 Å². The number of aromatic nitrogens is 1. The Morgan fingerprint density at radius 1 is 1.30 bits per heavy atom. The zero-order valence-corrected chi connectivity index (χ0v) is 13.2.